The van der Waals surface area contributed by atoms with Gasteiger partial charge in [-0.1, -0.05) is 38.1 Å². The summed E-state index contributed by atoms with van der Waals surface area (Å²) in [6.07, 6.45) is 0.202. The molecule has 1 saturated heterocycles. The van der Waals surface area contributed by atoms with Crippen LogP contribution in [0.5, 0.6) is 0 Å². The van der Waals surface area contributed by atoms with E-state index in [1.165, 1.54) is 11.1 Å². The van der Waals surface area contributed by atoms with Gasteiger partial charge >= 0.3 is 0 Å². The molecule has 6 nitrogen and oxygen atoms in total. The monoisotopic (exact) mass is 403 g/mol. The molecule has 0 aromatic heterocycles. The highest BCUT2D eigenvalue weighted by Crippen LogP contribution is 2.12. The van der Waals surface area contributed by atoms with E-state index < -0.39 is 0 Å². The van der Waals surface area contributed by atoms with Crippen molar-refractivity contribution in [3.8, 4) is 0 Å². The normalized spacial score (nSPS) is 18.7. The minimum Gasteiger partial charge on any atom is -0.374 e. The summed E-state index contributed by atoms with van der Waals surface area (Å²) in [6.45, 7) is 15.4. The van der Waals surface area contributed by atoms with Gasteiger partial charge in [0.15, 0.2) is 5.96 Å². The fourth-order valence-electron chi connectivity index (χ4n) is 3.53. The minimum absolute atomic E-state index is 0.202. The van der Waals surface area contributed by atoms with Crippen LogP contribution in [0.1, 0.15) is 38.8 Å². The number of aliphatic imine (C=N–C) groups is 1. The van der Waals surface area contributed by atoms with Gasteiger partial charge < -0.3 is 15.4 Å². The zero-order chi connectivity index (χ0) is 21.2. The zero-order valence-corrected chi connectivity index (χ0v) is 19.2. The molecule has 1 fully saturated rings. The standard InChI is InChI=1S/C23H41N5O/c1-18(2)15-28-11-12-29-22(17-28)14-26-23(24-5)25-13-20-9-7-8-10-21(20)16-27(6)19(3)4/h7-10,18-19,22H,11-17H2,1-6H3,(H2,24,25,26). The molecule has 29 heavy (non-hydrogen) atoms. The Bertz CT molecular complexity index is 631. The Morgan fingerprint density at radius 3 is 2.59 bits per heavy atom. The summed E-state index contributed by atoms with van der Waals surface area (Å²) in [7, 11) is 3.99. The first-order valence-electron chi connectivity index (χ1n) is 10.9. The van der Waals surface area contributed by atoms with Gasteiger partial charge in [0.2, 0.25) is 0 Å². The molecule has 6 heteroatoms. The summed E-state index contributed by atoms with van der Waals surface area (Å²) >= 11 is 0. The third-order valence-corrected chi connectivity index (χ3v) is 5.43. The van der Waals surface area contributed by atoms with Crippen LogP contribution < -0.4 is 10.6 Å². The Morgan fingerprint density at radius 2 is 1.93 bits per heavy atom. The highest BCUT2D eigenvalue weighted by Gasteiger charge is 2.21. The van der Waals surface area contributed by atoms with Crippen molar-refractivity contribution in [2.45, 2.75) is 52.9 Å². The van der Waals surface area contributed by atoms with Crippen LogP contribution in [0.4, 0.5) is 0 Å². The highest BCUT2D eigenvalue weighted by atomic mass is 16.5. The van der Waals surface area contributed by atoms with Crippen molar-refractivity contribution < 1.29 is 4.74 Å². The Labute approximate surface area is 177 Å². The summed E-state index contributed by atoms with van der Waals surface area (Å²) < 4.78 is 5.94. The van der Waals surface area contributed by atoms with E-state index in [1.807, 2.05) is 7.05 Å². The van der Waals surface area contributed by atoms with Gasteiger partial charge in [-0.15, -0.1) is 0 Å². The lowest BCUT2D eigenvalue weighted by atomic mass is 10.1. The van der Waals surface area contributed by atoms with E-state index in [0.29, 0.717) is 12.0 Å². The predicted octanol–water partition coefficient (Wildman–Crippen LogP) is 2.55. The number of nitrogens with one attached hydrogen (secondary N) is 2. The quantitative estimate of drug-likeness (QED) is 0.490. The fraction of sp³-hybridized carbons (Fsp3) is 0.696. The second-order valence-electron chi connectivity index (χ2n) is 8.73. The van der Waals surface area contributed by atoms with Crippen LogP contribution in [-0.2, 0) is 17.8 Å². The maximum absolute atomic E-state index is 5.94. The second kappa shape index (κ2) is 12.2. The Hall–Kier alpha value is -1.63. The third kappa shape index (κ3) is 8.33. The Morgan fingerprint density at radius 1 is 1.21 bits per heavy atom. The lowest BCUT2D eigenvalue weighted by Crippen LogP contribution is -2.50. The van der Waals surface area contributed by atoms with E-state index in [2.05, 4.69) is 84.4 Å². The van der Waals surface area contributed by atoms with Gasteiger partial charge in [-0.05, 0) is 37.9 Å². The molecule has 1 atom stereocenters. The van der Waals surface area contributed by atoms with E-state index in [4.69, 9.17) is 4.74 Å². The van der Waals surface area contributed by atoms with Gasteiger partial charge in [0.25, 0.3) is 0 Å². The second-order valence-corrected chi connectivity index (χ2v) is 8.73. The topological polar surface area (TPSA) is 52.1 Å². The molecule has 0 bridgehead atoms. The molecule has 2 N–H and O–H groups in total. The molecule has 1 unspecified atom stereocenters. The zero-order valence-electron chi connectivity index (χ0n) is 19.2. The predicted molar refractivity (Wildman–Crippen MR) is 122 cm³/mol. The molecule has 1 heterocycles. The van der Waals surface area contributed by atoms with Crippen LogP contribution >= 0.6 is 0 Å². The SMILES string of the molecule is CN=C(NCc1ccccc1CN(C)C(C)C)NCC1CN(CC(C)C)CCO1. The van der Waals surface area contributed by atoms with Gasteiger partial charge in [-0.3, -0.25) is 14.8 Å². The first kappa shape index (κ1) is 23.6. The lowest BCUT2D eigenvalue weighted by Gasteiger charge is -2.34. The largest absolute Gasteiger partial charge is 0.374 e. The third-order valence-electron chi connectivity index (χ3n) is 5.43. The van der Waals surface area contributed by atoms with Gasteiger partial charge in [0, 0.05) is 52.4 Å². The Kier molecular flexibility index (Phi) is 9.91. The number of benzene rings is 1. The number of nitrogens with zero attached hydrogens (tertiary/aromatic N) is 3. The summed E-state index contributed by atoms with van der Waals surface area (Å²) in [6, 6.07) is 9.15. The molecule has 0 saturated carbocycles. The smallest absolute Gasteiger partial charge is 0.191 e. The number of ether oxygens (including phenoxy) is 1. The first-order chi connectivity index (χ1) is 13.9. The molecule has 164 valence electrons. The maximum Gasteiger partial charge on any atom is 0.191 e. The fourth-order valence-corrected chi connectivity index (χ4v) is 3.53. The van der Waals surface area contributed by atoms with Crippen LogP contribution in [0, 0.1) is 5.92 Å². The summed E-state index contributed by atoms with van der Waals surface area (Å²) in [5, 5.41) is 6.90. The molecular formula is C23H41N5O. The van der Waals surface area contributed by atoms with Crippen LogP contribution in [0.3, 0.4) is 0 Å². The van der Waals surface area contributed by atoms with E-state index >= 15 is 0 Å². The van der Waals surface area contributed by atoms with Crippen LogP contribution in [0.25, 0.3) is 0 Å². The van der Waals surface area contributed by atoms with Crippen molar-refractivity contribution in [3.05, 3.63) is 35.4 Å². The minimum atomic E-state index is 0.202. The summed E-state index contributed by atoms with van der Waals surface area (Å²) in [5.74, 6) is 1.51. The van der Waals surface area contributed by atoms with Gasteiger partial charge in [0.1, 0.15) is 0 Å². The number of morpholine rings is 1. The molecule has 0 aliphatic carbocycles. The number of hydrogen-bond acceptors (Lipinski definition) is 4. The van der Waals surface area contributed by atoms with Crippen molar-refractivity contribution >= 4 is 5.96 Å². The van der Waals surface area contributed by atoms with Gasteiger partial charge in [0.05, 0.1) is 12.7 Å². The molecule has 0 radical (unpaired) electrons. The van der Waals surface area contributed by atoms with E-state index in [9.17, 15) is 0 Å². The van der Waals surface area contributed by atoms with Crippen molar-refractivity contribution in [1.29, 1.82) is 0 Å². The van der Waals surface area contributed by atoms with Crippen LogP contribution in [-0.4, -0.2) is 74.8 Å². The Balaban J connectivity index is 1.84. The lowest BCUT2D eigenvalue weighted by molar-refractivity contribution is -0.0284. The van der Waals surface area contributed by atoms with Crippen molar-refractivity contribution in [2.75, 3.05) is 46.9 Å². The van der Waals surface area contributed by atoms with Crippen molar-refractivity contribution in [3.63, 3.8) is 0 Å². The molecular weight excluding hydrogens is 362 g/mol. The number of guanidine groups is 1. The van der Waals surface area contributed by atoms with Crippen LogP contribution in [0.2, 0.25) is 0 Å². The average Bonchev–Trinajstić information content (AvgIpc) is 2.69. The molecule has 1 aromatic carbocycles. The van der Waals surface area contributed by atoms with Gasteiger partial charge in [-0.2, -0.15) is 0 Å². The highest BCUT2D eigenvalue weighted by molar-refractivity contribution is 5.79. The maximum atomic E-state index is 5.94. The number of hydrogen-bond donors (Lipinski definition) is 2. The molecule has 1 aromatic rings. The van der Waals surface area contributed by atoms with Crippen LogP contribution in [0.15, 0.2) is 29.3 Å². The molecule has 2 rings (SSSR count). The first-order valence-corrected chi connectivity index (χ1v) is 10.9. The number of rotatable bonds is 9. The van der Waals surface area contributed by atoms with Gasteiger partial charge in [-0.25, -0.2) is 0 Å². The summed E-state index contributed by atoms with van der Waals surface area (Å²) in [5.41, 5.74) is 2.66. The van der Waals surface area contributed by atoms with E-state index in [0.717, 1.165) is 51.8 Å². The molecule has 1 aliphatic heterocycles. The summed E-state index contributed by atoms with van der Waals surface area (Å²) in [4.78, 5) is 9.24. The van der Waals surface area contributed by atoms with Crippen molar-refractivity contribution in [2.24, 2.45) is 10.9 Å². The van der Waals surface area contributed by atoms with E-state index in [1.54, 1.807) is 0 Å². The van der Waals surface area contributed by atoms with E-state index in [-0.39, 0.29) is 6.10 Å². The molecule has 0 spiro atoms. The van der Waals surface area contributed by atoms with Crippen molar-refractivity contribution in [1.82, 2.24) is 20.4 Å². The average molecular weight is 404 g/mol. The molecule has 0 amide bonds. The molecule has 1 aliphatic rings.